The van der Waals surface area contributed by atoms with Gasteiger partial charge in [0.05, 0.1) is 0 Å². The van der Waals surface area contributed by atoms with Gasteiger partial charge in [-0.25, -0.2) is 4.39 Å². The van der Waals surface area contributed by atoms with Crippen molar-refractivity contribution in [3.05, 3.63) is 30.1 Å². The van der Waals surface area contributed by atoms with E-state index < -0.39 is 0 Å². The smallest absolute Gasteiger partial charge is 0.123 e. The first-order chi connectivity index (χ1) is 8.61. The number of thioether (sulfide) groups is 1. The molecule has 1 atom stereocenters. The second-order valence-electron chi connectivity index (χ2n) is 4.99. The maximum atomic E-state index is 12.8. The average molecular weight is 269 g/mol. The highest BCUT2D eigenvalue weighted by Gasteiger charge is 2.09. The Morgan fingerprint density at radius 1 is 1.17 bits per heavy atom. The van der Waals surface area contributed by atoms with Gasteiger partial charge >= 0.3 is 0 Å². The van der Waals surface area contributed by atoms with Crippen LogP contribution >= 0.6 is 11.8 Å². The zero-order valence-electron chi connectivity index (χ0n) is 11.6. The lowest BCUT2D eigenvalue weighted by Gasteiger charge is -2.18. The molecule has 1 aromatic rings. The van der Waals surface area contributed by atoms with E-state index in [2.05, 4.69) is 26.1 Å². The van der Waals surface area contributed by atoms with E-state index in [9.17, 15) is 4.39 Å². The Hall–Kier alpha value is -0.540. The van der Waals surface area contributed by atoms with Crippen LogP contribution in [-0.4, -0.2) is 18.3 Å². The summed E-state index contributed by atoms with van der Waals surface area (Å²) in [5, 5.41) is 3.52. The summed E-state index contributed by atoms with van der Waals surface area (Å²) in [5.41, 5.74) is 0. The van der Waals surface area contributed by atoms with Gasteiger partial charge in [-0.1, -0.05) is 20.8 Å². The molecule has 0 saturated heterocycles. The molecule has 0 spiro atoms. The quantitative estimate of drug-likeness (QED) is 0.705. The van der Waals surface area contributed by atoms with Crippen LogP contribution in [0, 0.1) is 11.7 Å². The van der Waals surface area contributed by atoms with Crippen LogP contribution < -0.4 is 5.32 Å². The van der Waals surface area contributed by atoms with E-state index in [1.807, 2.05) is 12.1 Å². The lowest BCUT2D eigenvalue weighted by molar-refractivity contribution is 0.464. The lowest BCUT2D eigenvalue weighted by atomic mass is 10.0. The van der Waals surface area contributed by atoms with Crippen molar-refractivity contribution in [1.82, 2.24) is 5.32 Å². The monoisotopic (exact) mass is 269 g/mol. The van der Waals surface area contributed by atoms with Crippen molar-refractivity contribution in [3.63, 3.8) is 0 Å². The van der Waals surface area contributed by atoms with Gasteiger partial charge in [0.2, 0.25) is 0 Å². The number of rotatable bonds is 8. The summed E-state index contributed by atoms with van der Waals surface area (Å²) in [6.07, 6.45) is 2.46. The summed E-state index contributed by atoms with van der Waals surface area (Å²) in [6, 6.07) is 7.31. The normalized spacial score (nSPS) is 12.9. The van der Waals surface area contributed by atoms with E-state index in [4.69, 9.17) is 0 Å². The van der Waals surface area contributed by atoms with Crippen molar-refractivity contribution < 1.29 is 4.39 Å². The van der Waals surface area contributed by atoms with E-state index in [0.717, 1.165) is 23.1 Å². The molecule has 0 radical (unpaired) electrons. The van der Waals surface area contributed by atoms with E-state index in [-0.39, 0.29) is 5.82 Å². The molecule has 0 bridgehead atoms. The molecule has 18 heavy (non-hydrogen) atoms. The molecule has 102 valence electrons. The number of benzene rings is 1. The van der Waals surface area contributed by atoms with E-state index >= 15 is 0 Å². The molecule has 0 aliphatic carbocycles. The SMILES string of the molecule is CCNC(CCC(C)C)CSc1ccc(F)cc1. The predicted octanol–water partition coefficient (Wildman–Crippen LogP) is 4.33. The van der Waals surface area contributed by atoms with Crippen molar-refractivity contribution in [2.75, 3.05) is 12.3 Å². The van der Waals surface area contributed by atoms with Crippen molar-refractivity contribution in [1.29, 1.82) is 0 Å². The Labute approximate surface area is 115 Å². The van der Waals surface area contributed by atoms with E-state index in [1.54, 1.807) is 11.8 Å². The van der Waals surface area contributed by atoms with Crippen LogP contribution in [0.3, 0.4) is 0 Å². The second-order valence-corrected chi connectivity index (χ2v) is 6.08. The molecule has 1 rings (SSSR count). The molecule has 1 unspecified atom stereocenters. The maximum absolute atomic E-state index is 12.8. The van der Waals surface area contributed by atoms with Crippen LogP contribution in [0.25, 0.3) is 0 Å². The first-order valence-electron chi connectivity index (χ1n) is 6.73. The summed E-state index contributed by atoms with van der Waals surface area (Å²) in [7, 11) is 0. The standard InChI is InChI=1S/C15H24FNS/c1-4-17-14(8-5-12(2)3)11-18-15-9-6-13(16)7-10-15/h6-7,9-10,12,14,17H,4-5,8,11H2,1-3H3. The van der Waals surface area contributed by atoms with Crippen LogP contribution in [0.1, 0.15) is 33.6 Å². The Balaban J connectivity index is 2.38. The van der Waals surface area contributed by atoms with Crippen LogP contribution in [0.4, 0.5) is 4.39 Å². The molecular formula is C15H24FNS. The van der Waals surface area contributed by atoms with Crippen molar-refractivity contribution in [3.8, 4) is 0 Å². The summed E-state index contributed by atoms with van der Waals surface area (Å²) in [5.74, 6) is 1.64. The summed E-state index contributed by atoms with van der Waals surface area (Å²) < 4.78 is 12.8. The van der Waals surface area contributed by atoms with Gasteiger partial charge in [-0.05, 0) is 49.6 Å². The average Bonchev–Trinajstić information content (AvgIpc) is 2.34. The summed E-state index contributed by atoms with van der Waals surface area (Å²) >= 11 is 1.80. The van der Waals surface area contributed by atoms with Gasteiger partial charge in [-0.2, -0.15) is 0 Å². The third-order valence-corrected chi connectivity index (χ3v) is 4.02. The predicted molar refractivity (Wildman–Crippen MR) is 78.7 cm³/mol. The third kappa shape index (κ3) is 6.41. The van der Waals surface area contributed by atoms with Crippen molar-refractivity contribution in [2.24, 2.45) is 5.92 Å². The maximum Gasteiger partial charge on any atom is 0.123 e. The first-order valence-corrected chi connectivity index (χ1v) is 7.72. The Bertz CT molecular complexity index is 324. The van der Waals surface area contributed by atoms with Gasteiger partial charge in [0, 0.05) is 16.7 Å². The molecule has 1 N–H and O–H groups in total. The van der Waals surface area contributed by atoms with E-state index in [0.29, 0.717) is 6.04 Å². The van der Waals surface area contributed by atoms with Crippen LogP contribution in [0.5, 0.6) is 0 Å². The van der Waals surface area contributed by atoms with Gasteiger partial charge in [0.1, 0.15) is 5.82 Å². The fourth-order valence-corrected chi connectivity index (χ4v) is 2.80. The zero-order chi connectivity index (χ0) is 13.4. The minimum absolute atomic E-state index is 0.164. The lowest BCUT2D eigenvalue weighted by Crippen LogP contribution is -2.31. The Kier molecular flexibility index (Phi) is 7.36. The molecule has 0 aromatic heterocycles. The highest BCUT2D eigenvalue weighted by Crippen LogP contribution is 2.20. The van der Waals surface area contributed by atoms with Crippen molar-refractivity contribution in [2.45, 2.75) is 44.6 Å². The number of hydrogen-bond donors (Lipinski definition) is 1. The van der Waals surface area contributed by atoms with Gasteiger partial charge in [-0.3, -0.25) is 0 Å². The first kappa shape index (κ1) is 15.5. The van der Waals surface area contributed by atoms with Gasteiger partial charge in [0.25, 0.3) is 0 Å². The fraction of sp³-hybridized carbons (Fsp3) is 0.600. The molecular weight excluding hydrogens is 245 g/mol. The number of halogens is 1. The molecule has 0 heterocycles. The molecule has 0 fully saturated rings. The van der Waals surface area contributed by atoms with Gasteiger partial charge in [-0.15, -0.1) is 11.8 Å². The van der Waals surface area contributed by atoms with Crippen molar-refractivity contribution >= 4 is 11.8 Å². The zero-order valence-corrected chi connectivity index (χ0v) is 12.4. The number of hydrogen-bond acceptors (Lipinski definition) is 2. The summed E-state index contributed by atoms with van der Waals surface area (Å²) in [6.45, 7) is 7.67. The largest absolute Gasteiger partial charge is 0.313 e. The second kappa shape index (κ2) is 8.54. The molecule has 3 heteroatoms. The molecule has 1 aromatic carbocycles. The van der Waals surface area contributed by atoms with Crippen LogP contribution in [-0.2, 0) is 0 Å². The van der Waals surface area contributed by atoms with Gasteiger partial charge < -0.3 is 5.32 Å². The third-order valence-electron chi connectivity index (χ3n) is 2.85. The molecule has 0 amide bonds. The topological polar surface area (TPSA) is 12.0 Å². The van der Waals surface area contributed by atoms with Gasteiger partial charge in [0.15, 0.2) is 0 Å². The fourth-order valence-electron chi connectivity index (χ4n) is 1.80. The highest BCUT2D eigenvalue weighted by atomic mass is 32.2. The summed E-state index contributed by atoms with van der Waals surface area (Å²) in [4.78, 5) is 1.14. The minimum atomic E-state index is -0.164. The minimum Gasteiger partial charge on any atom is -0.313 e. The molecule has 0 aliphatic rings. The highest BCUT2D eigenvalue weighted by molar-refractivity contribution is 7.99. The van der Waals surface area contributed by atoms with E-state index in [1.165, 1.54) is 25.0 Å². The Morgan fingerprint density at radius 2 is 1.83 bits per heavy atom. The number of nitrogens with one attached hydrogen (secondary N) is 1. The van der Waals surface area contributed by atoms with Crippen LogP contribution in [0.15, 0.2) is 29.2 Å². The Morgan fingerprint density at radius 3 is 2.39 bits per heavy atom. The molecule has 0 aliphatic heterocycles. The molecule has 0 saturated carbocycles. The van der Waals surface area contributed by atoms with Crippen LogP contribution in [0.2, 0.25) is 0 Å². The molecule has 1 nitrogen and oxygen atoms in total.